The highest BCUT2D eigenvalue weighted by atomic mass is 32.1. The Morgan fingerprint density at radius 1 is 1.75 bits per heavy atom. The van der Waals surface area contributed by atoms with Gasteiger partial charge >= 0.3 is 0 Å². The summed E-state index contributed by atoms with van der Waals surface area (Å²) in [5.74, 6) is 5.92. The van der Waals surface area contributed by atoms with E-state index in [9.17, 15) is 0 Å². The van der Waals surface area contributed by atoms with E-state index in [4.69, 9.17) is 5.73 Å². The van der Waals surface area contributed by atoms with E-state index in [0.717, 1.165) is 12.1 Å². The summed E-state index contributed by atoms with van der Waals surface area (Å²) in [6.07, 6.45) is 0.851. The predicted molar refractivity (Wildman–Crippen MR) is 51.9 cm³/mol. The van der Waals surface area contributed by atoms with Crippen molar-refractivity contribution >= 4 is 11.3 Å². The maximum Gasteiger partial charge on any atom is 0.124 e. The Bertz CT molecular complexity index is 290. The van der Waals surface area contributed by atoms with Gasteiger partial charge in [0.1, 0.15) is 5.69 Å². The zero-order valence-corrected chi connectivity index (χ0v) is 8.11. The van der Waals surface area contributed by atoms with Gasteiger partial charge in [-0.1, -0.05) is 12.8 Å². The largest absolute Gasteiger partial charge is 0.315 e. The van der Waals surface area contributed by atoms with Crippen LogP contribution in [0.25, 0.3) is 0 Å². The lowest BCUT2D eigenvalue weighted by Crippen LogP contribution is -2.32. The molecule has 1 atom stereocenters. The molecule has 0 aliphatic carbocycles. The van der Waals surface area contributed by atoms with Crippen LogP contribution in [0.1, 0.15) is 26.0 Å². The van der Waals surface area contributed by atoms with Crippen LogP contribution >= 0.6 is 11.3 Å². The third-order valence-electron chi connectivity index (χ3n) is 1.64. The third kappa shape index (κ3) is 2.65. The highest BCUT2D eigenvalue weighted by Gasteiger charge is 2.09. The van der Waals surface area contributed by atoms with Crippen molar-refractivity contribution in [2.75, 3.05) is 0 Å². The maximum atomic E-state index is 5.83. The van der Waals surface area contributed by atoms with E-state index in [0.29, 0.717) is 0 Å². The molecule has 0 aliphatic heterocycles. The molecule has 1 unspecified atom stereocenters. The van der Waals surface area contributed by atoms with Crippen LogP contribution in [0, 0.1) is 11.8 Å². The SMILES string of the molecule is CCC(C)(N)C#Cc1cscn1. The smallest absolute Gasteiger partial charge is 0.124 e. The topological polar surface area (TPSA) is 38.9 Å². The zero-order valence-electron chi connectivity index (χ0n) is 7.29. The standard InChI is InChI=1S/C9H12N2S/c1-3-9(2,10)5-4-8-6-12-7-11-8/h6-7H,3,10H2,1-2H3. The highest BCUT2D eigenvalue weighted by molar-refractivity contribution is 7.07. The van der Waals surface area contributed by atoms with Crippen LogP contribution in [0.15, 0.2) is 10.9 Å². The lowest BCUT2D eigenvalue weighted by Gasteiger charge is -2.12. The molecule has 0 amide bonds. The summed E-state index contributed by atoms with van der Waals surface area (Å²) in [7, 11) is 0. The number of hydrogen-bond acceptors (Lipinski definition) is 3. The molecular weight excluding hydrogens is 168 g/mol. The molecule has 2 nitrogen and oxygen atoms in total. The number of nitrogens with zero attached hydrogens (tertiary/aromatic N) is 1. The molecule has 12 heavy (non-hydrogen) atoms. The van der Waals surface area contributed by atoms with Crippen molar-refractivity contribution < 1.29 is 0 Å². The Hall–Kier alpha value is -0.850. The molecule has 2 N–H and O–H groups in total. The van der Waals surface area contributed by atoms with Crippen LogP contribution in [-0.2, 0) is 0 Å². The molecular formula is C9H12N2S. The van der Waals surface area contributed by atoms with Crippen LogP contribution < -0.4 is 5.73 Å². The van der Waals surface area contributed by atoms with E-state index in [-0.39, 0.29) is 5.54 Å². The number of hydrogen-bond donors (Lipinski definition) is 1. The summed E-state index contributed by atoms with van der Waals surface area (Å²) in [4.78, 5) is 4.04. The molecule has 0 aliphatic rings. The van der Waals surface area contributed by atoms with Crippen LogP contribution in [0.3, 0.4) is 0 Å². The second-order valence-electron chi connectivity index (χ2n) is 2.89. The van der Waals surface area contributed by atoms with Crippen molar-refractivity contribution in [3.63, 3.8) is 0 Å². The quantitative estimate of drug-likeness (QED) is 0.667. The van der Waals surface area contributed by atoms with Gasteiger partial charge in [0.05, 0.1) is 11.0 Å². The van der Waals surface area contributed by atoms with Gasteiger partial charge in [0.2, 0.25) is 0 Å². The Morgan fingerprint density at radius 3 is 3.00 bits per heavy atom. The Kier molecular flexibility index (Phi) is 2.85. The summed E-state index contributed by atoms with van der Waals surface area (Å²) in [5.41, 5.74) is 8.03. The molecule has 64 valence electrons. The van der Waals surface area contributed by atoms with Crippen LogP contribution in [-0.4, -0.2) is 10.5 Å². The minimum absolute atomic E-state index is 0.385. The number of thiazole rings is 1. The van der Waals surface area contributed by atoms with Gasteiger partial charge in [0.15, 0.2) is 0 Å². The first-order valence-electron chi connectivity index (χ1n) is 3.84. The normalized spacial score (nSPS) is 14.6. The monoisotopic (exact) mass is 180 g/mol. The lowest BCUT2D eigenvalue weighted by molar-refractivity contribution is 0.586. The summed E-state index contributed by atoms with van der Waals surface area (Å²) in [6, 6.07) is 0. The molecule has 1 heterocycles. The average molecular weight is 180 g/mol. The number of rotatable bonds is 1. The van der Waals surface area contributed by atoms with Gasteiger partial charge in [-0.15, -0.1) is 11.3 Å². The number of nitrogens with two attached hydrogens (primary N) is 1. The van der Waals surface area contributed by atoms with Crippen molar-refractivity contribution in [1.29, 1.82) is 0 Å². The molecule has 0 aromatic carbocycles. The fourth-order valence-corrected chi connectivity index (χ4v) is 1.05. The molecule has 1 aromatic rings. The maximum absolute atomic E-state index is 5.83. The van der Waals surface area contributed by atoms with Crippen molar-refractivity contribution in [3.8, 4) is 11.8 Å². The molecule has 0 spiro atoms. The van der Waals surface area contributed by atoms with Crippen molar-refractivity contribution in [1.82, 2.24) is 4.98 Å². The molecule has 0 radical (unpaired) electrons. The first-order valence-corrected chi connectivity index (χ1v) is 4.78. The Balaban J connectivity index is 2.72. The van der Waals surface area contributed by atoms with Gasteiger partial charge in [-0.05, 0) is 19.3 Å². The van der Waals surface area contributed by atoms with Gasteiger partial charge in [0, 0.05) is 5.38 Å². The summed E-state index contributed by atoms with van der Waals surface area (Å²) < 4.78 is 0. The molecule has 0 saturated heterocycles. The zero-order chi connectivity index (χ0) is 9.03. The lowest BCUT2D eigenvalue weighted by atomic mass is 10.0. The summed E-state index contributed by atoms with van der Waals surface area (Å²) in [5, 5.41) is 1.92. The molecule has 0 fully saturated rings. The van der Waals surface area contributed by atoms with E-state index in [1.165, 1.54) is 0 Å². The second kappa shape index (κ2) is 3.70. The third-order valence-corrected chi connectivity index (χ3v) is 2.23. The van der Waals surface area contributed by atoms with E-state index >= 15 is 0 Å². The summed E-state index contributed by atoms with van der Waals surface area (Å²) >= 11 is 1.54. The van der Waals surface area contributed by atoms with Crippen LogP contribution in [0.2, 0.25) is 0 Å². The Labute approximate surface area is 76.8 Å². The summed E-state index contributed by atoms with van der Waals surface area (Å²) in [6.45, 7) is 3.95. The molecule has 1 aromatic heterocycles. The van der Waals surface area contributed by atoms with Gasteiger partial charge < -0.3 is 5.73 Å². The minimum atomic E-state index is -0.385. The predicted octanol–water partition coefficient (Wildman–Crippen LogP) is 1.62. The van der Waals surface area contributed by atoms with Gasteiger partial charge in [-0.25, -0.2) is 4.98 Å². The molecule has 0 bridgehead atoms. The average Bonchev–Trinajstić information content (AvgIpc) is 2.53. The van der Waals surface area contributed by atoms with Crippen LogP contribution in [0.5, 0.6) is 0 Å². The van der Waals surface area contributed by atoms with Crippen molar-refractivity contribution in [2.45, 2.75) is 25.8 Å². The minimum Gasteiger partial charge on any atom is -0.315 e. The first-order chi connectivity index (χ1) is 5.64. The second-order valence-corrected chi connectivity index (χ2v) is 3.61. The highest BCUT2D eigenvalue weighted by Crippen LogP contribution is 2.03. The van der Waals surface area contributed by atoms with Crippen LogP contribution in [0.4, 0.5) is 0 Å². The number of aromatic nitrogens is 1. The molecule has 3 heteroatoms. The van der Waals surface area contributed by atoms with Gasteiger partial charge in [-0.2, -0.15) is 0 Å². The van der Waals surface area contributed by atoms with Gasteiger partial charge in [-0.3, -0.25) is 0 Å². The molecule has 1 rings (SSSR count). The van der Waals surface area contributed by atoms with E-state index in [2.05, 4.69) is 16.8 Å². The van der Waals surface area contributed by atoms with E-state index < -0.39 is 0 Å². The Morgan fingerprint density at radius 2 is 2.50 bits per heavy atom. The first kappa shape index (κ1) is 9.24. The fraction of sp³-hybridized carbons (Fsp3) is 0.444. The van der Waals surface area contributed by atoms with E-state index in [1.54, 1.807) is 16.8 Å². The fourth-order valence-electron chi connectivity index (χ4n) is 0.569. The van der Waals surface area contributed by atoms with Gasteiger partial charge in [0.25, 0.3) is 0 Å². The van der Waals surface area contributed by atoms with Crippen molar-refractivity contribution in [2.24, 2.45) is 5.73 Å². The van der Waals surface area contributed by atoms with E-state index in [1.807, 2.05) is 19.2 Å². The van der Waals surface area contributed by atoms with Crippen molar-refractivity contribution in [3.05, 3.63) is 16.6 Å². The molecule has 0 saturated carbocycles.